The second kappa shape index (κ2) is 7.56. The van der Waals surface area contributed by atoms with Crippen LogP contribution in [0.1, 0.15) is 5.56 Å². The normalized spacial score (nSPS) is 14.0. The van der Waals surface area contributed by atoms with Gasteiger partial charge in [-0.3, -0.25) is 9.79 Å². The molecule has 0 unspecified atom stereocenters. The molecule has 1 aliphatic rings. The smallest absolute Gasteiger partial charge is 0.363 e. The van der Waals surface area contributed by atoms with Gasteiger partial charge in [-0.2, -0.15) is 13.2 Å². The van der Waals surface area contributed by atoms with Crippen LogP contribution in [0, 0.1) is 0 Å². The Kier molecular flexibility index (Phi) is 6.35. The van der Waals surface area contributed by atoms with Gasteiger partial charge in [-0.15, -0.1) is 12.4 Å². The summed E-state index contributed by atoms with van der Waals surface area (Å²) in [6.45, 7) is 1.43. The average Bonchev–Trinajstić information content (AvgIpc) is 2.89. The van der Waals surface area contributed by atoms with Gasteiger partial charge in [0.15, 0.2) is 5.17 Å². The van der Waals surface area contributed by atoms with Crippen molar-refractivity contribution in [1.82, 2.24) is 5.32 Å². The minimum atomic E-state index is -4.42. The van der Waals surface area contributed by atoms with Gasteiger partial charge in [0.05, 0.1) is 17.9 Å². The second-order valence-electron chi connectivity index (χ2n) is 4.03. The predicted octanol–water partition coefficient (Wildman–Crippen LogP) is 2.76. The number of hydrogen-bond donors (Lipinski definition) is 2. The highest BCUT2D eigenvalue weighted by Crippen LogP contribution is 2.30. The number of halogens is 4. The SMILES string of the molecule is Cl.O=C(CSC1=NCCN1)Nc1cccc(C(F)(F)F)c1. The highest BCUT2D eigenvalue weighted by atomic mass is 35.5. The van der Waals surface area contributed by atoms with Gasteiger partial charge in [-0.1, -0.05) is 17.8 Å². The number of benzene rings is 1. The zero-order chi connectivity index (χ0) is 14.6. The second-order valence-corrected chi connectivity index (χ2v) is 4.99. The molecule has 2 N–H and O–H groups in total. The first-order valence-corrected chi connectivity index (χ1v) is 6.82. The molecule has 0 atom stereocenters. The number of nitrogens with zero attached hydrogens (tertiary/aromatic N) is 1. The molecule has 0 aliphatic carbocycles. The van der Waals surface area contributed by atoms with E-state index in [2.05, 4.69) is 15.6 Å². The van der Waals surface area contributed by atoms with Gasteiger partial charge in [0.1, 0.15) is 0 Å². The molecule has 0 spiro atoms. The van der Waals surface area contributed by atoms with Crippen LogP contribution in [0.15, 0.2) is 29.3 Å². The maximum atomic E-state index is 12.5. The molecule has 1 heterocycles. The first-order valence-electron chi connectivity index (χ1n) is 5.83. The van der Waals surface area contributed by atoms with E-state index in [0.717, 1.165) is 18.7 Å². The van der Waals surface area contributed by atoms with Gasteiger partial charge >= 0.3 is 6.18 Å². The van der Waals surface area contributed by atoms with Crippen LogP contribution in [0.3, 0.4) is 0 Å². The average molecular weight is 340 g/mol. The van der Waals surface area contributed by atoms with Crippen LogP contribution in [0.4, 0.5) is 18.9 Å². The Morgan fingerprint density at radius 1 is 1.43 bits per heavy atom. The number of amides is 1. The van der Waals surface area contributed by atoms with E-state index >= 15 is 0 Å². The Morgan fingerprint density at radius 3 is 2.81 bits per heavy atom. The molecular formula is C12H13ClF3N3OS. The molecule has 0 aromatic heterocycles. The lowest BCUT2D eigenvalue weighted by atomic mass is 10.2. The van der Waals surface area contributed by atoms with Gasteiger partial charge in [-0.25, -0.2) is 0 Å². The van der Waals surface area contributed by atoms with Gasteiger partial charge in [0.25, 0.3) is 0 Å². The highest BCUT2D eigenvalue weighted by Gasteiger charge is 2.30. The van der Waals surface area contributed by atoms with Gasteiger partial charge < -0.3 is 10.6 Å². The monoisotopic (exact) mass is 339 g/mol. The standard InChI is InChI=1S/C12H12F3N3OS.ClH/c13-12(14,15)8-2-1-3-9(6-8)18-10(19)7-20-11-16-4-5-17-11;/h1-3,6H,4-5,7H2,(H,16,17)(H,18,19);1H. The molecule has 1 amide bonds. The van der Waals surface area contributed by atoms with Crippen molar-refractivity contribution in [1.29, 1.82) is 0 Å². The van der Waals surface area contributed by atoms with Crippen molar-refractivity contribution in [2.75, 3.05) is 24.2 Å². The Morgan fingerprint density at radius 2 is 2.19 bits per heavy atom. The minimum absolute atomic E-state index is 0. The van der Waals surface area contributed by atoms with Crippen molar-refractivity contribution in [3.63, 3.8) is 0 Å². The third-order valence-electron chi connectivity index (χ3n) is 2.46. The maximum Gasteiger partial charge on any atom is 0.416 e. The molecule has 1 aromatic carbocycles. The van der Waals surface area contributed by atoms with Gasteiger partial charge in [-0.05, 0) is 18.2 Å². The molecule has 0 saturated carbocycles. The van der Waals surface area contributed by atoms with E-state index in [4.69, 9.17) is 0 Å². The summed E-state index contributed by atoms with van der Waals surface area (Å²) >= 11 is 1.23. The summed E-state index contributed by atoms with van der Waals surface area (Å²) < 4.78 is 37.6. The van der Waals surface area contributed by atoms with E-state index in [1.54, 1.807) is 0 Å². The molecule has 0 radical (unpaired) electrons. The van der Waals surface area contributed by atoms with Crippen molar-refractivity contribution in [3.05, 3.63) is 29.8 Å². The zero-order valence-electron chi connectivity index (χ0n) is 10.7. The molecule has 0 saturated heterocycles. The Balaban J connectivity index is 0.00000220. The van der Waals surface area contributed by atoms with Crippen LogP contribution in [-0.2, 0) is 11.0 Å². The maximum absolute atomic E-state index is 12.5. The predicted molar refractivity (Wildman–Crippen MR) is 80.1 cm³/mol. The lowest BCUT2D eigenvalue weighted by Gasteiger charge is -2.09. The number of aliphatic imine (C=N–C) groups is 1. The van der Waals surface area contributed by atoms with Crippen molar-refractivity contribution in [3.8, 4) is 0 Å². The van der Waals surface area contributed by atoms with E-state index in [9.17, 15) is 18.0 Å². The summed E-state index contributed by atoms with van der Waals surface area (Å²) in [5, 5.41) is 6.11. The third kappa shape index (κ3) is 5.47. The van der Waals surface area contributed by atoms with Crippen LogP contribution in [-0.4, -0.2) is 29.9 Å². The highest BCUT2D eigenvalue weighted by molar-refractivity contribution is 8.14. The summed E-state index contributed by atoms with van der Waals surface area (Å²) in [6, 6.07) is 4.55. The summed E-state index contributed by atoms with van der Waals surface area (Å²) in [5.74, 6) is -0.270. The number of thioether (sulfide) groups is 1. The van der Waals surface area contributed by atoms with Crippen LogP contribution < -0.4 is 10.6 Å². The number of carbonyl (C=O) groups excluding carboxylic acids is 1. The summed E-state index contributed by atoms with van der Waals surface area (Å²) in [7, 11) is 0. The van der Waals surface area contributed by atoms with Crippen molar-refractivity contribution in [2.45, 2.75) is 6.18 Å². The first kappa shape index (κ1) is 17.6. The van der Waals surface area contributed by atoms with Gasteiger partial charge in [0.2, 0.25) is 5.91 Å². The van der Waals surface area contributed by atoms with E-state index < -0.39 is 11.7 Å². The molecular weight excluding hydrogens is 327 g/mol. The van der Waals surface area contributed by atoms with E-state index in [-0.39, 0.29) is 29.8 Å². The molecule has 4 nitrogen and oxygen atoms in total. The number of amidine groups is 1. The first-order chi connectivity index (χ1) is 9.45. The van der Waals surface area contributed by atoms with Crippen LogP contribution in [0.25, 0.3) is 0 Å². The minimum Gasteiger partial charge on any atom is -0.363 e. The number of alkyl halides is 3. The Hall–Kier alpha value is -1.41. The molecule has 0 bridgehead atoms. The summed E-state index contributed by atoms with van der Waals surface area (Å²) in [5.41, 5.74) is -0.656. The number of anilines is 1. The summed E-state index contributed by atoms with van der Waals surface area (Å²) in [4.78, 5) is 15.7. The number of rotatable bonds is 3. The number of hydrogen-bond acceptors (Lipinski definition) is 4. The molecule has 1 aliphatic heterocycles. The molecule has 0 fully saturated rings. The molecule has 116 valence electrons. The number of carbonyl (C=O) groups is 1. The van der Waals surface area contributed by atoms with Crippen molar-refractivity contribution in [2.24, 2.45) is 4.99 Å². The molecule has 21 heavy (non-hydrogen) atoms. The largest absolute Gasteiger partial charge is 0.416 e. The fraction of sp³-hybridized carbons (Fsp3) is 0.333. The third-order valence-corrected chi connectivity index (χ3v) is 3.41. The van der Waals surface area contributed by atoms with Crippen molar-refractivity contribution >= 4 is 40.9 Å². The van der Waals surface area contributed by atoms with E-state index in [1.165, 1.54) is 23.9 Å². The Bertz CT molecular complexity index is 537. The summed E-state index contributed by atoms with van der Waals surface area (Å²) in [6.07, 6.45) is -4.42. The Labute approximate surface area is 130 Å². The topological polar surface area (TPSA) is 53.5 Å². The van der Waals surface area contributed by atoms with Crippen LogP contribution in [0.5, 0.6) is 0 Å². The quantitative estimate of drug-likeness (QED) is 0.890. The lowest BCUT2D eigenvalue weighted by Crippen LogP contribution is -2.20. The van der Waals surface area contributed by atoms with E-state index in [1.807, 2.05) is 0 Å². The number of nitrogens with one attached hydrogen (secondary N) is 2. The fourth-order valence-corrected chi connectivity index (χ4v) is 2.30. The van der Waals surface area contributed by atoms with Gasteiger partial charge in [0, 0.05) is 12.2 Å². The van der Waals surface area contributed by atoms with Crippen molar-refractivity contribution < 1.29 is 18.0 Å². The van der Waals surface area contributed by atoms with Crippen LogP contribution >= 0.6 is 24.2 Å². The molecule has 2 rings (SSSR count). The molecule has 9 heteroatoms. The van der Waals surface area contributed by atoms with E-state index in [0.29, 0.717) is 11.7 Å². The van der Waals surface area contributed by atoms with Crippen LogP contribution in [0.2, 0.25) is 0 Å². The lowest BCUT2D eigenvalue weighted by molar-refractivity contribution is -0.137. The molecule has 1 aromatic rings. The zero-order valence-corrected chi connectivity index (χ0v) is 12.4. The fourth-order valence-electron chi connectivity index (χ4n) is 1.58.